The number of hydrogen-bond acceptors (Lipinski definition) is 3. The van der Waals surface area contributed by atoms with Gasteiger partial charge in [-0.25, -0.2) is 0 Å². The number of aromatic hydroxyl groups is 1. The van der Waals surface area contributed by atoms with Crippen LogP contribution in [0.3, 0.4) is 0 Å². The van der Waals surface area contributed by atoms with Crippen molar-refractivity contribution in [1.29, 1.82) is 0 Å². The topological polar surface area (TPSA) is 46.5 Å². The summed E-state index contributed by atoms with van der Waals surface area (Å²) in [6.45, 7) is 0. The monoisotopic (exact) mass is 304 g/mol. The zero-order chi connectivity index (χ0) is 16.2. The first-order valence-electron chi connectivity index (χ1n) is 7.25. The first-order valence-corrected chi connectivity index (χ1v) is 7.25. The summed E-state index contributed by atoms with van der Waals surface area (Å²) in [6.07, 6.45) is 3.27. The Morgan fingerprint density at radius 3 is 2.39 bits per heavy atom. The van der Waals surface area contributed by atoms with Crippen molar-refractivity contribution in [1.82, 2.24) is 0 Å². The molecular weight excluding hydrogens is 288 g/mol. The molecule has 0 bridgehead atoms. The van der Waals surface area contributed by atoms with E-state index in [9.17, 15) is 9.90 Å². The molecule has 0 atom stereocenters. The van der Waals surface area contributed by atoms with E-state index in [0.717, 1.165) is 22.1 Å². The van der Waals surface area contributed by atoms with Gasteiger partial charge in [0.15, 0.2) is 5.78 Å². The van der Waals surface area contributed by atoms with Crippen LogP contribution < -0.4 is 4.74 Å². The summed E-state index contributed by atoms with van der Waals surface area (Å²) in [5.74, 6) is 0.943. The predicted octanol–water partition coefficient (Wildman–Crippen LogP) is 4.45. The van der Waals surface area contributed by atoms with Crippen molar-refractivity contribution in [2.24, 2.45) is 0 Å². The Hall–Kier alpha value is -3.07. The van der Waals surface area contributed by atoms with E-state index in [1.54, 1.807) is 37.5 Å². The van der Waals surface area contributed by atoms with E-state index >= 15 is 0 Å². The van der Waals surface area contributed by atoms with E-state index in [1.165, 1.54) is 6.08 Å². The quantitative estimate of drug-likeness (QED) is 0.572. The lowest BCUT2D eigenvalue weighted by Gasteiger charge is -2.04. The van der Waals surface area contributed by atoms with Crippen molar-refractivity contribution < 1.29 is 14.6 Å². The third kappa shape index (κ3) is 3.40. The second-order valence-corrected chi connectivity index (χ2v) is 5.22. The highest BCUT2D eigenvalue weighted by atomic mass is 16.5. The number of carbonyl (C=O) groups excluding carboxylic acids is 1. The van der Waals surface area contributed by atoms with Gasteiger partial charge in [0.05, 0.1) is 7.11 Å². The third-order valence-electron chi connectivity index (χ3n) is 3.65. The number of ether oxygens (including phenoxy) is 1. The molecular formula is C20H16O3. The highest BCUT2D eigenvalue weighted by Gasteiger charge is 2.04. The summed E-state index contributed by atoms with van der Waals surface area (Å²) >= 11 is 0. The number of hydrogen-bond donors (Lipinski definition) is 1. The van der Waals surface area contributed by atoms with Crippen molar-refractivity contribution >= 4 is 22.6 Å². The van der Waals surface area contributed by atoms with Gasteiger partial charge in [0.25, 0.3) is 0 Å². The molecule has 3 aromatic rings. The third-order valence-corrected chi connectivity index (χ3v) is 3.65. The van der Waals surface area contributed by atoms with Gasteiger partial charge in [-0.15, -0.1) is 0 Å². The fourth-order valence-electron chi connectivity index (χ4n) is 2.36. The van der Waals surface area contributed by atoms with Gasteiger partial charge >= 0.3 is 0 Å². The van der Waals surface area contributed by atoms with Gasteiger partial charge in [-0.1, -0.05) is 36.4 Å². The van der Waals surface area contributed by atoms with Crippen LogP contribution in [0.5, 0.6) is 11.5 Å². The van der Waals surface area contributed by atoms with Gasteiger partial charge in [-0.2, -0.15) is 0 Å². The second kappa shape index (κ2) is 6.36. The van der Waals surface area contributed by atoms with E-state index in [0.29, 0.717) is 5.56 Å². The van der Waals surface area contributed by atoms with Gasteiger partial charge in [-0.05, 0) is 52.7 Å². The molecule has 1 N–H and O–H groups in total. The van der Waals surface area contributed by atoms with Crippen molar-refractivity contribution in [2.45, 2.75) is 0 Å². The molecule has 0 amide bonds. The number of allylic oxidation sites excluding steroid dienone is 1. The molecule has 0 saturated heterocycles. The molecule has 0 aliphatic carbocycles. The second-order valence-electron chi connectivity index (χ2n) is 5.22. The minimum Gasteiger partial charge on any atom is -0.508 e. The van der Waals surface area contributed by atoms with Gasteiger partial charge in [0.2, 0.25) is 0 Å². The number of methoxy groups -OCH3 is 1. The summed E-state index contributed by atoms with van der Waals surface area (Å²) in [5, 5.41) is 11.3. The Kier molecular flexibility index (Phi) is 4.11. The number of benzene rings is 3. The molecule has 0 aliphatic heterocycles. The van der Waals surface area contributed by atoms with Gasteiger partial charge in [-0.3, -0.25) is 4.79 Å². The zero-order valence-electron chi connectivity index (χ0n) is 12.7. The summed E-state index contributed by atoms with van der Waals surface area (Å²) < 4.78 is 5.20. The number of phenols is 1. The molecule has 114 valence electrons. The van der Waals surface area contributed by atoms with Crippen molar-refractivity contribution in [3.05, 3.63) is 77.9 Å². The molecule has 0 aromatic heterocycles. The molecule has 0 radical (unpaired) electrons. The van der Waals surface area contributed by atoms with Crippen LogP contribution in [0.1, 0.15) is 15.9 Å². The summed E-state index contributed by atoms with van der Waals surface area (Å²) in [5.41, 5.74) is 1.50. The molecule has 0 unspecified atom stereocenters. The highest BCUT2D eigenvalue weighted by Crippen LogP contribution is 2.22. The minimum absolute atomic E-state index is 0.0595. The fraction of sp³-hybridized carbons (Fsp3) is 0.0500. The van der Waals surface area contributed by atoms with Crippen LogP contribution in [-0.2, 0) is 0 Å². The number of phenolic OH excluding ortho intramolecular Hbond substituents is 1. The van der Waals surface area contributed by atoms with Crippen LogP contribution in [0.15, 0.2) is 66.7 Å². The maximum Gasteiger partial charge on any atom is 0.185 e. The van der Waals surface area contributed by atoms with Gasteiger partial charge in [0.1, 0.15) is 11.5 Å². The van der Waals surface area contributed by atoms with Crippen LogP contribution in [0.2, 0.25) is 0 Å². The Morgan fingerprint density at radius 1 is 0.957 bits per heavy atom. The number of carbonyl (C=O) groups is 1. The first-order chi connectivity index (χ1) is 11.2. The van der Waals surface area contributed by atoms with Crippen molar-refractivity contribution in [2.75, 3.05) is 7.11 Å². The lowest BCUT2D eigenvalue weighted by Crippen LogP contribution is -1.94. The molecule has 0 aliphatic rings. The first kappa shape index (κ1) is 14.9. The average molecular weight is 304 g/mol. The van der Waals surface area contributed by atoms with Crippen molar-refractivity contribution in [3.63, 3.8) is 0 Å². The summed E-state index contributed by atoms with van der Waals surface area (Å²) in [7, 11) is 1.63. The molecule has 3 aromatic carbocycles. The van der Waals surface area contributed by atoms with Crippen LogP contribution in [0.4, 0.5) is 0 Å². The van der Waals surface area contributed by atoms with Crippen LogP contribution in [0.25, 0.3) is 16.8 Å². The van der Waals surface area contributed by atoms with E-state index < -0.39 is 0 Å². The number of ketones is 1. The maximum atomic E-state index is 12.3. The Balaban J connectivity index is 1.84. The smallest absolute Gasteiger partial charge is 0.185 e. The zero-order valence-corrected chi connectivity index (χ0v) is 12.7. The van der Waals surface area contributed by atoms with E-state index in [4.69, 9.17) is 4.74 Å². The number of rotatable bonds is 4. The highest BCUT2D eigenvalue weighted by molar-refractivity contribution is 6.08. The SMILES string of the molecule is COc1ccc2cc(C(=O)/C=C/c3ccc(O)cc3)ccc2c1. The molecule has 3 nitrogen and oxygen atoms in total. The Morgan fingerprint density at radius 2 is 1.65 bits per heavy atom. The van der Waals surface area contributed by atoms with Crippen LogP contribution >= 0.6 is 0 Å². The molecule has 3 rings (SSSR count). The lowest BCUT2D eigenvalue weighted by molar-refractivity contribution is 0.104. The predicted molar refractivity (Wildman–Crippen MR) is 92.0 cm³/mol. The van der Waals surface area contributed by atoms with Crippen LogP contribution in [-0.4, -0.2) is 18.0 Å². The molecule has 0 heterocycles. The van der Waals surface area contributed by atoms with E-state index in [1.807, 2.05) is 36.4 Å². The Labute approximate surface area is 134 Å². The largest absolute Gasteiger partial charge is 0.508 e. The molecule has 0 fully saturated rings. The standard InChI is InChI=1S/C20H16O3/c1-23-19-10-7-15-12-17(6-5-16(15)13-19)20(22)11-4-14-2-8-18(21)9-3-14/h2-13,21H,1H3/b11-4+. The Bertz CT molecular complexity index is 877. The minimum atomic E-state index is -0.0595. The van der Waals surface area contributed by atoms with Crippen molar-refractivity contribution in [3.8, 4) is 11.5 Å². The van der Waals surface area contributed by atoms with Crippen LogP contribution in [0, 0.1) is 0 Å². The van der Waals surface area contributed by atoms with Gasteiger partial charge in [0, 0.05) is 5.56 Å². The van der Waals surface area contributed by atoms with Gasteiger partial charge < -0.3 is 9.84 Å². The average Bonchev–Trinajstić information content (AvgIpc) is 2.60. The summed E-state index contributed by atoms with van der Waals surface area (Å²) in [4.78, 5) is 12.3. The summed E-state index contributed by atoms with van der Waals surface area (Å²) in [6, 6.07) is 18.1. The maximum absolute atomic E-state index is 12.3. The normalized spacial score (nSPS) is 11.0. The number of fused-ring (bicyclic) bond motifs is 1. The molecule has 23 heavy (non-hydrogen) atoms. The van der Waals surface area contributed by atoms with E-state index in [-0.39, 0.29) is 11.5 Å². The molecule has 3 heteroatoms. The fourth-order valence-corrected chi connectivity index (χ4v) is 2.36. The molecule has 0 spiro atoms. The lowest BCUT2D eigenvalue weighted by atomic mass is 10.0. The van der Waals surface area contributed by atoms with E-state index in [2.05, 4.69) is 0 Å². The molecule has 0 saturated carbocycles.